The van der Waals surface area contributed by atoms with E-state index in [0.29, 0.717) is 25.3 Å². The highest BCUT2D eigenvalue weighted by Crippen LogP contribution is 2.15. The molecule has 0 aromatic heterocycles. The number of carboxylic acids is 1. The Hall–Kier alpha value is -0.910. The molecular weight excluding hydrogens is 252 g/mol. The van der Waals surface area contributed by atoms with E-state index in [1.54, 1.807) is 25.6 Å². The van der Waals surface area contributed by atoms with Gasteiger partial charge in [-0.05, 0) is 30.8 Å². The molecule has 18 heavy (non-hydrogen) atoms. The smallest absolute Gasteiger partial charge is 0.329 e. The predicted octanol–water partition coefficient (Wildman–Crippen LogP) is 1.93. The number of carbonyl (C=O) groups excluding carboxylic acids is 1. The Morgan fingerprint density at radius 3 is 2.28 bits per heavy atom. The zero-order valence-corrected chi connectivity index (χ0v) is 12.4. The molecule has 0 aliphatic heterocycles. The van der Waals surface area contributed by atoms with Crippen LogP contribution in [0, 0.1) is 5.92 Å². The van der Waals surface area contributed by atoms with Gasteiger partial charge in [0, 0.05) is 6.54 Å². The van der Waals surface area contributed by atoms with E-state index in [2.05, 4.69) is 10.6 Å². The van der Waals surface area contributed by atoms with Crippen LogP contribution in [0.1, 0.15) is 33.6 Å². The molecule has 0 saturated carbocycles. The Labute approximate surface area is 113 Å². The van der Waals surface area contributed by atoms with Gasteiger partial charge in [-0.2, -0.15) is 11.8 Å². The zero-order chi connectivity index (χ0) is 14.2. The zero-order valence-electron chi connectivity index (χ0n) is 11.6. The molecule has 3 N–H and O–H groups in total. The highest BCUT2D eigenvalue weighted by Gasteiger charge is 2.36. The molecule has 1 atom stereocenters. The van der Waals surface area contributed by atoms with Gasteiger partial charge in [0.05, 0.1) is 0 Å². The fraction of sp³-hybridized carbons (Fsp3) is 0.833. The summed E-state index contributed by atoms with van der Waals surface area (Å²) >= 11 is 1.72. The van der Waals surface area contributed by atoms with E-state index >= 15 is 0 Å². The lowest BCUT2D eigenvalue weighted by Gasteiger charge is -2.28. The maximum Gasteiger partial charge on any atom is 0.329 e. The molecule has 0 fully saturated rings. The monoisotopic (exact) mass is 276 g/mol. The number of nitrogens with one attached hydrogen (secondary N) is 2. The highest BCUT2D eigenvalue weighted by atomic mass is 32.2. The summed E-state index contributed by atoms with van der Waals surface area (Å²) in [6.45, 7) is 6.11. The van der Waals surface area contributed by atoms with E-state index in [9.17, 15) is 14.7 Å². The first-order valence-corrected chi connectivity index (χ1v) is 7.59. The van der Waals surface area contributed by atoms with Crippen molar-refractivity contribution in [3.05, 3.63) is 0 Å². The van der Waals surface area contributed by atoms with Gasteiger partial charge < -0.3 is 15.7 Å². The lowest BCUT2D eigenvalue weighted by molar-refractivity contribution is -0.144. The standard InChI is InChI=1S/C12H24N2O3S/c1-5-12(6-2,10(15)16)14-11(17)13-7-9(3)8-18-4/h9H,5-8H2,1-4H3,(H,15,16)(H2,13,14,17). The molecule has 0 rings (SSSR count). The number of carboxylic acid groups (broad SMARTS) is 1. The van der Waals surface area contributed by atoms with E-state index < -0.39 is 17.5 Å². The van der Waals surface area contributed by atoms with Gasteiger partial charge in [0.25, 0.3) is 0 Å². The summed E-state index contributed by atoms with van der Waals surface area (Å²) in [5.74, 6) is 0.347. The normalized spacial score (nSPS) is 12.9. The second-order valence-corrected chi connectivity index (χ2v) is 5.40. The molecule has 5 nitrogen and oxygen atoms in total. The van der Waals surface area contributed by atoms with Crippen LogP contribution in [0.3, 0.4) is 0 Å². The average molecular weight is 276 g/mol. The molecule has 0 bridgehead atoms. The van der Waals surface area contributed by atoms with Crippen LogP contribution in [-0.2, 0) is 4.79 Å². The van der Waals surface area contributed by atoms with E-state index in [1.807, 2.05) is 13.2 Å². The van der Waals surface area contributed by atoms with Gasteiger partial charge in [-0.1, -0.05) is 20.8 Å². The molecule has 6 heteroatoms. The molecule has 0 spiro atoms. The number of thioether (sulfide) groups is 1. The Balaban J connectivity index is 4.32. The van der Waals surface area contributed by atoms with E-state index in [-0.39, 0.29) is 0 Å². The molecular formula is C12H24N2O3S. The Morgan fingerprint density at radius 1 is 1.33 bits per heavy atom. The van der Waals surface area contributed by atoms with Crippen molar-refractivity contribution in [2.45, 2.75) is 39.2 Å². The van der Waals surface area contributed by atoms with Gasteiger partial charge >= 0.3 is 12.0 Å². The Kier molecular flexibility index (Phi) is 7.82. The summed E-state index contributed by atoms with van der Waals surface area (Å²) in [5, 5.41) is 14.5. The van der Waals surface area contributed by atoms with Crippen LogP contribution >= 0.6 is 11.8 Å². The number of hydrogen-bond acceptors (Lipinski definition) is 3. The molecule has 0 aliphatic rings. The van der Waals surface area contributed by atoms with E-state index in [0.717, 1.165) is 5.75 Å². The van der Waals surface area contributed by atoms with Crippen LogP contribution in [0.15, 0.2) is 0 Å². The summed E-state index contributed by atoms with van der Waals surface area (Å²) in [7, 11) is 0. The second-order valence-electron chi connectivity index (χ2n) is 4.49. The minimum Gasteiger partial charge on any atom is -0.480 e. The molecule has 0 aromatic carbocycles. The molecule has 0 aliphatic carbocycles. The first-order valence-electron chi connectivity index (χ1n) is 6.20. The van der Waals surface area contributed by atoms with Crippen LogP contribution in [0.2, 0.25) is 0 Å². The summed E-state index contributed by atoms with van der Waals surface area (Å²) in [6.07, 6.45) is 2.75. The first kappa shape index (κ1) is 17.1. The maximum atomic E-state index is 11.7. The van der Waals surface area contributed by atoms with Crippen molar-refractivity contribution in [1.29, 1.82) is 0 Å². The summed E-state index contributed by atoms with van der Waals surface area (Å²) in [6, 6.07) is -0.408. The number of urea groups is 1. The second kappa shape index (κ2) is 8.24. The van der Waals surface area contributed by atoms with Crippen molar-refractivity contribution in [1.82, 2.24) is 10.6 Å². The quantitative estimate of drug-likeness (QED) is 0.633. The van der Waals surface area contributed by atoms with Gasteiger partial charge in [-0.3, -0.25) is 0 Å². The van der Waals surface area contributed by atoms with E-state index in [4.69, 9.17) is 0 Å². The molecule has 0 radical (unpaired) electrons. The molecule has 106 valence electrons. The summed E-state index contributed by atoms with van der Waals surface area (Å²) in [5.41, 5.74) is -1.16. The lowest BCUT2D eigenvalue weighted by atomic mass is 9.93. The minimum absolute atomic E-state index is 0.368. The number of amides is 2. The molecule has 0 aromatic rings. The van der Waals surface area contributed by atoms with Crippen molar-refractivity contribution in [2.75, 3.05) is 18.6 Å². The van der Waals surface area contributed by atoms with Gasteiger partial charge in [0.15, 0.2) is 0 Å². The number of carbonyl (C=O) groups is 2. The topological polar surface area (TPSA) is 78.4 Å². The van der Waals surface area contributed by atoms with Crippen molar-refractivity contribution in [3.63, 3.8) is 0 Å². The van der Waals surface area contributed by atoms with Gasteiger partial charge in [-0.25, -0.2) is 9.59 Å². The van der Waals surface area contributed by atoms with E-state index in [1.165, 1.54) is 0 Å². The third kappa shape index (κ3) is 5.16. The Bertz CT molecular complexity index is 280. The SMILES string of the molecule is CCC(CC)(NC(=O)NCC(C)CSC)C(=O)O. The lowest BCUT2D eigenvalue weighted by Crippen LogP contribution is -2.56. The average Bonchev–Trinajstić information content (AvgIpc) is 2.33. The fourth-order valence-electron chi connectivity index (χ4n) is 1.65. The summed E-state index contributed by atoms with van der Waals surface area (Å²) < 4.78 is 0. The molecule has 1 unspecified atom stereocenters. The van der Waals surface area contributed by atoms with Crippen LogP contribution < -0.4 is 10.6 Å². The van der Waals surface area contributed by atoms with Crippen LogP contribution in [0.5, 0.6) is 0 Å². The van der Waals surface area contributed by atoms with Crippen molar-refractivity contribution < 1.29 is 14.7 Å². The van der Waals surface area contributed by atoms with Crippen LogP contribution in [-0.4, -0.2) is 41.2 Å². The van der Waals surface area contributed by atoms with Crippen molar-refractivity contribution in [3.8, 4) is 0 Å². The largest absolute Gasteiger partial charge is 0.480 e. The predicted molar refractivity (Wildman–Crippen MR) is 75.0 cm³/mol. The molecule has 0 heterocycles. The summed E-state index contributed by atoms with van der Waals surface area (Å²) in [4.78, 5) is 22.9. The number of hydrogen-bond donors (Lipinski definition) is 3. The van der Waals surface area contributed by atoms with Crippen molar-refractivity contribution >= 4 is 23.8 Å². The molecule has 0 saturated heterocycles. The maximum absolute atomic E-state index is 11.7. The number of aliphatic carboxylic acids is 1. The Morgan fingerprint density at radius 2 is 1.89 bits per heavy atom. The minimum atomic E-state index is -1.16. The first-order chi connectivity index (χ1) is 8.41. The van der Waals surface area contributed by atoms with Gasteiger partial charge in [0.2, 0.25) is 0 Å². The third-order valence-corrected chi connectivity index (χ3v) is 3.93. The van der Waals surface area contributed by atoms with Gasteiger partial charge in [-0.15, -0.1) is 0 Å². The van der Waals surface area contributed by atoms with Crippen molar-refractivity contribution in [2.24, 2.45) is 5.92 Å². The van der Waals surface area contributed by atoms with Gasteiger partial charge in [0.1, 0.15) is 5.54 Å². The highest BCUT2D eigenvalue weighted by molar-refractivity contribution is 7.98. The van der Waals surface area contributed by atoms with Crippen LogP contribution in [0.25, 0.3) is 0 Å². The fourth-order valence-corrected chi connectivity index (χ4v) is 2.34. The van der Waals surface area contributed by atoms with Crippen LogP contribution in [0.4, 0.5) is 4.79 Å². The number of rotatable bonds is 8. The molecule has 2 amide bonds. The third-order valence-electron chi connectivity index (χ3n) is 3.03.